The van der Waals surface area contributed by atoms with Gasteiger partial charge in [0.2, 0.25) is 5.72 Å². The molecule has 3 aromatic rings. The number of aliphatic imine (C=N–C) groups is 1. The number of morpholine rings is 1. The van der Waals surface area contributed by atoms with Gasteiger partial charge >= 0.3 is 0 Å². The third-order valence-corrected chi connectivity index (χ3v) is 10.8. The topological polar surface area (TPSA) is 37.3 Å². The summed E-state index contributed by atoms with van der Waals surface area (Å²) in [5, 5.41) is 2.38. The Kier molecular flexibility index (Phi) is 10.9. The Bertz CT molecular complexity index is 1460. The van der Waals surface area contributed by atoms with Crippen LogP contribution in [0, 0.1) is 0 Å². The molecule has 248 valence electrons. The number of hydrogen-bond donors (Lipinski definition) is 0. The van der Waals surface area contributed by atoms with E-state index in [0.717, 1.165) is 56.1 Å². The van der Waals surface area contributed by atoms with Crippen LogP contribution >= 0.6 is 0 Å². The number of hydrogen-bond acceptors (Lipinski definition) is 5. The van der Waals surface area contributed by atoms with Crippen LogP contribution in [0.1, 0.15) is 116 Å². The predicted octanol–water partition coefficient (Wildman–Crippen LogP) is 10.7. The van der Waals surface area contributed by atoms with Gasteiger partial charge in [-0.15, -0.1) is 0 Å². The molecule has 1 saturated heterocycles. The van der Waals surface area contributed by atoms with Gasteiger partial charge in [-0.1, -0.05) is 133 Å². The first-order chi connectivity index (χ1) is 22.6. The molecule has 0 bridgehead atoms. The predicted molar refractivity (Wildman–Crippen MR) is 196 cm³/mol. The van der Waals surface area contributed by atoms with Gasteiger partial charge in [-0.3, -0.25) is 4.99 Å². The molecule has 3 aromatic carbocycles. The minimum atomic E-state index is -0.676. The first kappa shape index (κ1) is 32.9. The summed E-state index contributed by atoms with van der Waals surface area (Å²) in [6.07, 6.45) is 21.3. The molecular weight excluding hydrogens is 566 g/mol. The van der Waals surface area contributed by atoms with Crippen molar-refractivity contribution in [2.45, 2.75) is 122 Å². The maximum Gasteiger partial charge on any atom is 0.228 e. The molecule has 0 saturated carbocycles. The highest BCUT2D eigenvalue weighted by molar-refractivity contribution is 6.06. The highest BCUT2D eigenvalue weighted by Gasteiger charge is 2.59. The minimum absolute atomic E-state index is 0.272. The fraction of sp³-hybridized carbons (Fsp3) is 0.585. The zero-order chi connectivity index (χ0) is 31.8. The maximum absolute atomic E-state index is 7.32. The Morgan fingerprint density at radius 2 is 1.28 bits per heavy atom. The van der Waals surface area contributed by atoms with Crippen molar-refractivity contribution < 1.29 is 9.47 Å². The molecule has 5 heteroatoms. The number of para-hydroxylation sites is 1. The standard InChI is InChI=1S/C41H57N3O2/c1-4-5-6-7-8-9-10-11-12-13-14-15-16-21-26-44-36-25-20-19-24-35(36)40(2,3)41(44)32-42-39-34-23-18-17-22-33(34)37(31-38(39)46-41)43-27-29-45-30-28-43/h17-20,22-25,31-32H,4-16,21,26-30H2,1-3H3. The van der Waals surface area contributed by atoms with Crippen LogP contribution in [0.4, 0.5) is 17.1 Å². The highest BCUT2D eigenvalue weighted by atomic mass is 16.5. The van der Waals surface area contributed by atoms with Gasteiger partial charge < -0.3 is 19.3 Å². The van der Waals surface area contributed by atoms with Crippen LogP contribution in [0.3, 0.4) is 0 Å². The SMILES string of the molecule is CCCCCCCCCCCCCCCCN1c2ccccc2C(C)(C)C12C=Nc1c(cc(N3CCOCC3)c3ccccc13)O2. The van der Waals surface area contributed by atoms with Gasteiger partial charge in [0.25, 0.3) is 0 Å². The molecule has 1 unspecified atom stereocenters. The Morgan fingerprint density at radius 1 is 0.696 bits per heavy atom. The van der Waals surface area contributed by atoms with Gasteiger partial charge in [0, 0.05) is 47.8 Å². The number of benzene rings is 3. The molecule has 0 radical (unpaired) electrons. The van der Waals surface area contributed by atoms with E-state index in [1.165, 1.54) is 106 Å². The molecule has 1 fully saturated rings. The quantitative estimate of drug-likeness (QED) is 0.149. The molecule has 46 heavy (non-hydrogen) atoms. The van der Waals surface area contributed by atoms with E-state index in [2.05, 4.69) is 91.4 Å². The van der Waals surface area contributed by atoms with Crippen molar-refractivity contribution in [3.63, 3.8) is 0 Å². The largest absolute Gasteiger partial charge is 0.459 e. The highest BCUT2D eigenvalue weighted by Crippen LogP contribution is 2.55. The Labute approximate surface area is 278 Å². The van der Waals surface area contributed by atoms with E-state index in [9.17, 15) is 0 Å². The third kappa shape index (κ3) is 6.68. The summed E-state index contributed by atoms with van der Waals surface area (Å²) in [7, 11) is 0. The molecule has 0 aliphatic carbocycles. The summed E-state index contributed by atoms with van der Waals surface area (Å²) in [4.78, 5) is 10.2. The minimum Gasteiger partial charge on any atom is -0.459 e. The van der Waals surface area contributed by atoms with Crippen LogP contribution in [0.2, 0.25) is 0 Å². The van der Waals surface area contributed by atoms with Crippen molar-refractivity contribution in [3.05, 3.63) is 60.2 Å². The van der Waals surface area contributed by atoms with Gasteiger partial charge in [-0.05, 0) is 31.9 Å². The average molecular weight is 624 g/mol. The molecular formula is C41H57N3O2. The van der Waals surface area contributed by atoms with E-state index in [1.807, 2.05) is 0 Å². The Balaban J connectivity index is 1.12. The van der Waals surface area contributed by atoms with E-state index >= 15 is 0 Å². The van der Waals surface area contributed by atoms with Gasteiger partial charge in [0.1, 0.15) is 5.69 Å². The molecule has 1 atom stereocenters. The third-order valence-electron chi connectivity index (χ3n) is 10.8. The molecule has 3 aliphatic heterocycles. The smallest absolute Gasteiger partial charge is 0.228 e. The van der Waals surface area contributed by atoms with Crippen molar-refractivity contribution in [2.24, 2.45) is 4.99 Å². The molecule has 0 aromatic heterocycles. The zero-order valence-electron chi connectivity index (χ0n) is 28.9. The maximum atomic E-state index is 7.32. The summed E-state index contributed by atoms with van der Waals surface area (Å²) < 4.78 is 13.0. The average Bonchev–Trinajstić information content (AvgIpc) is 3.26. The van der Waals surface area contributed by atoms with E-state index in [1.54, 1.807) is 0 Å². The van der Waals surface area contributed by atoms with E-state index < -0.39 is 5.72 Å². The molecule has 3 aliphatic rings. The zero-order valence-corrected chi connectivity index (χ0v) is 28.9. The molecule has 5 nitrogen and oxygen atoms in total. The molecule has 3 heterocycles. The van der Waals surface area contributed by atoms with Crippen LogP contribution in [0.15, 0.2) is 59.6 Å². The van der Waals surface area contributed by atoms with Crippen molar-refractivity contribution in [2.75, 3.05) is 42.6 Å². The van der Waals surface area contributed by atoms with Crippen LogP contribution in [0.5, 0.6) is 5.75 Å². The van der Waals surface area contributed by atoms with Gasteiger partial charge in [0.05, 0.1) is 24.8 Å². The van der Waals surface area contributed by atoms with Crippen molar-refractivity contribution in [1.29, 1.82) is 0 Å². The van der Waals surface area contributed by atoms with E-state index in [0.29, 0.717) is 0 Å². The molecule has 0 amide bonds. The Hall–Kier alpha value is -3.05. The lowest BCUT2D eigenvalue weighted by Gasteiger charge is -2.46. The van der Waals surface area contributed by atoms with Gasteiger partial charge in [-0.2, -0.15) is 0 Å². The van der Waals surface area contributed by atoms with Crippen LogP contribution in [0.25, 0.3) is 10.8 Å². The summed E-state index contributed by atoms with van der Waals surface area (Å²) in [5.41, 5.74) is 3.84. The summed E-state index contributed by atoms with van der Waals surface area (Å²) in [6, 6.07) is 19.8. The van der Waals surface area contributed by atoms with Crippen molar-refractivity contribution in [1.82, 2.24) is 0 Å². The van der Waals surface area contributed by atoms with Crippen molar-refractivity contribution in [3.8, 4) is 5.75 Å². The Morgan fingerprint density at radius 3 is 1.96 bits per heavy atom. The number of nitrogens with zero attached hydrogens (tertiary/aromatic N) is 3. The second-order valence-corrected chi connectivity index (χ2v) is 14.3. The number of ether oxygens (including phenoxy) is 2. The second-order valence-electron chi connectivity index (χ2n) is 14.3. The van der Waals surface area contributed by atoms with E-state index in [-0.39, 0.29) is 5.41 Å². The van der Waals surface area contributed by atoms with Crippen molar-refractivity contribution >= 4 is 34.0 Å². The van der Waals surface area contributed by atoms with Crippen LogP contribution in [-0.4, -0.2) is 44.8 Å². The van der Waals surface area contributed by atoms with Crippen LogP contribution < -0.4 is 14.5 Å². The summed E-state index contributed by atoms with van der Waals surface area (Å²) in [6.45, 7) is 11.2. The van der Waals surface area contributed by atoms with E-state index in [4.69, 9.17) is 14.5 Å². The number of rotatable bonds is 16. The summed E-state index contributed by atoms with van der Waals surface area (Å²) >= 11 is 0. The number of unbranched alkanes of at least 4 members (excludes halogenated alkanes) is 13. The first-order valence-electron chi connectivity index (χ1n) is 18.6. The number of anilines is 2. The van der Waals surface area contributed by atoms with Gasteiger partial charge in [0.15, 0.2) is 5.75 Å². The monoisotopic (exact) mass is 623 g/mol. The second kappa shape index (κ2) is 15.2. The normalized spacial score (nSPS) is 19.9. The summed E-state index contributed by atoms with van der Waals surface area (Å²) in [5.74, 6) is 0.884. The van der Waals surface area contributed by atoms with Crippen LogP contribution in [-0.2, 0) is 10.2 Å². The lowest BCUT2D eigenvalue weighted by Crippen LogP contribution is -2.62. The fourth-order valence-electron chi connectivity index (χ4n) is 8.05. The van der Waals surface area contributed by atoms with Gasteiger partial charge in [-0.25, -0.2) is 0 Å². The first-order valence-corrected chi connectivity index (χ1v) is 18.6. The number of fused-ring (bicyclic) bond motifs is 4. The lowest BCUT2D eigenvalue weighted by molar-refractivity contribution is 0.0774. The molecule has 1 spiro atoms. The lowest BCUT2D eigenvalue weighted by atomic mass is 9.77. The fourth-order valence-corrected chi connectivity index (χ4v) is 8.05. The molecule has 6 rings (SSSR count). The molecule has 0 N–H and O–H groups in total.